The molecule has 1 N–H and O–H groups in total. The average Bonchev–Trinajstić information content (AvgIpc) is 2.57. The maximum atomic E-state index is 12.5. The van der Waals surface area contributed by atoms with Crippen LogP contribution in [0.5, 0.6) is 0 Å². The molecule has 5 heteroatoms. The Labute approximate surface area is 148 Å². The largest absolute Gasteiger partial charge is 0.427 e. The summed E-state index contributed by atoms with van der Waals surface area (Å²) < 4.78 is 5.86. The predicted molar refractivity (Wildman–Crippen MR) is 98.8 cm³/mol. The van der Waals surface area contributed by atoms with Gasteiger partial charge in [0.25, 0.3) is 0 Å². The molecular weight excluding hydrogens is 315 g/mol. The summed E-state index contributed by atoms with van der Waals surface area (Å²) in [6.45, 7) is 7.02. The Morgan fingerprint density at radius 2 is 1.40 bits per heavy atom. The fourth-order valence-corrected chi connectivity index (χ4v) is 2.70. The number of Topliss-reactive ketones (excluding diaryl/α,β-unsaturated/α-hetero) is 2. The molecule has 0 spiro atoms. The molecule has 0 radical (unpaired) electrons. The summed E-state index contributed by atoms with van der Waals surface area (Å²) >= 11 is 0. The van der Waals surface area contributed by atoms with E-state index in [-0.39, 0.29) is 7.48 Å². The molecule has 1 aliphatic carbocycles. The Morgan fingerprint density at radius 3 is 2.04 bits per heavy atom. The lowest BCUT2D eigenvalue weighted by molar-refractivity contribution is -0.0893. The van der Waals surface area contributed by atoms with E-state index in [1.54, 1.807) is 32.0 Å². The highest BCUT2D eigenvalue weighted by Gasteiger charge is 2.36. The highest BCUT2D eigenvalue weighted by molar-refractivity contribution is 6.54. The normalized spacial score (nSPS) is 14.1. The van der Waals surface area contributed by atoms with Crippen LogP contribution in [-0.2, 0) is 4.65 Å². The summed E-state index contributed by atoms with van der Waals surface area (Å²) in [6.07, 6.45) is 0. The third-order valence-corrected chi connectivity index (χ3v) is 5.07. The van der Waals surface area contributed by atoms with Gasteiger partial charge >= 0.3 is 7.48 Å². The Morgan fingerprint density at radius 1 is 0.840 bits per heavy atom. The number of hydrogen-bond donors (Lipinski definition) is 1. The van der Waals surface area contributed by atoms with Crippen LogP contribution in [0.2, 0.25) is 0 Å². The number of fused-ring (bicyclic) bond motifs is 3. The molecule has 4 nitrogen and oxygen atoms in total. The lowest BCUT2D eigenvalue weighted by atomic mass is 9.77. The monoisotopic (exact) mass is 336 g/mol. The minimum atomic E-state index is -1.01. The van der Waals surface area contributed by atoms with Crippen molar-refractivity contribution >= 4 is 24.5 Å². The van der Waals surface area contributed by atoms with Gasteiger partial charge in [0.2, 0.25) is 11.6 Å². The van der Waals surface area contributed by atoms with Gasteiger partial charge in [0.05, 0.1) is 11.2 Å². The summed E-state index contributed by atoms with van der Waals surface area (Å²) in [6, 6.07) is 12.6. The van der Waals surface area contributed by atoms with Crippen molar-refractivity contribution in [1.29, 1.82) is 0 Å². The van der Waals surface area contributed by atoms with E-state index in [0.29, 0.717) is 11.1 Å². The van der Waals surface area contributed by atoms with Crippen molar-refractivity contribution in [3.63, 3.8) is 0 Å². The van der Waals surface area contributed by atoms with Gasteiger partial charge in [-0.05, 0) is 38.8 Å². The molecular formula is C20H21BO4. The number of aliphatic hydroxyl groups is 1. The Balaban J connectivity index is 1.94. The Kier molecular flexibility index (Phi) is 4.17. The summed E-state index contributed by atoms with van der Waals surface area (Å²) in [4.78, 5) is 24.8. The van der Waals surface area contributed by atoms with E-state index in [1.807, 2.05) is 38.1 Å². The molecule has 3 rings (SSSR count). The van der Waals surface area contributed by atoms with Crippen molar-refractivity contribution in [2.24, 2.45) is 0 Å². The van der Waals surface area contributed by atoms with Gasteiger partial charge in [0.1, 0.15) is 0 Å². The minimum Gasteiger partial charge on any atom is -0.427 e. The first-order valence-corrected chi connectivity index (χ1v) is 8.29. The van der Waals surface area contributed by atoms with Crippen LogP contribution in [0, 0.1) is 0 Å². The SMILES string of the molecule is CC(C)(O)C(C)(C)OBc1ccc2c(c1)C(=O)C(=O)c1ccccc1-2. The second-order valence-corrected chi connectivity index (χ2v) is 7.44. The quantitative estimate of drug-likeness (QED) is 0.687. The molecule has 0 heterocycles. The molecule has 0 saturated carbocycles. The summed E-state index contributed by atoms with van der Waals surface area (Å²) in [5.41, 5.74) is 1.44. The Hall–Kier alpha value is -2.24. The molecule has 0 aliphatic heterocycles. The topological polar surface area (TPSA) is 63.6 Å². The van der Waals surface area contributed by atoms with Crippen LogP contribution in [0.3, 0.4) is 0 Å². The maximum absolute atomic E-state index is 12.5. The fourth-order valence-electron chi connectivity index (χ4n) is 2.70. The lowest BCUT2D eigenvalue weighted by Crippen LogP contribution is -2.49. The number of benzene rings is 2. The molecule has 128 valence electrons. The number of carbonyl (C=O) groups excluding carboxylic acids is 2. The van der Waals surface area contributed by atoms with Crippen LogP contribution < -0.4 is 5.46 Å². The van der Waals surface area contributed by atoms with Crippen LogP contribution in [0.25, 0.3) is 11.1 Å². The van der Waals surface area contributed by atoms with Gasteiger partial charge in [-0.2, -0.15) is 0 Å². The number of rotatable bonds is 4. The van der Waals surface area contributed by atoms with Gasteiger partial charge in [-0.25, -0.2) is 0 Å². The highest BCUT2D eigenvalue weighted by Crippen LogP contribution is 2.32. The van der Waals surface area contributed by atoms with Crippen LogP contribution in [0.4, 0.5) is 0 Å². The van der Waals surface area contributed by atoms with Crippen molar-refractivity contribution in [3.05, 3.63) is 53.6 Å². The van der Waals surface area contributed by atoms with Crippen molar-refractivity contribution in [2.75, 3.05) is 0 Å². The van der Waals surface area contributed by atoms with E-state index in [4.69, 9.17) is 4.65 Å². The second-order valence-electron chi connectivity index (χ2n) is 7.44. The predicted octanol–water partition coefficient (Wildman–Crippen LogP) is 2.28. The number of hydrogen-bond acceptors (Lipinski definition) is 4. The third-order valence-electron chi connectivity index (χ3n) is 5.07. The minimum absolute atomic E-state index is 0.243. The van der Waals surface area contributed by atoms with Gasteiger partial charge in [-0.3, -0.25) is 9.59 Å². The molecule has 1 aliphatic rings. The third kappa shape index (κ3) is 3.05. The molecule has 0 saturated heterocycles. The van der Waals surface area contributed by atoms with Gasteiger partial charge in [0.15, 0.2) is 0 Å². The zero-order chi connectivity index (χ0) is 18.4. The first-order chi connectivity index (χ1) is 11.6. The number of carbonyl (C=O) groups is 2. The molecule has 0 fully saturated rings. The standard InChI is InChI=1S/C20H21BO4/c1-19(2,24)20(3,4)25-21-12-9-10-14-13-7-5-6-8-15(13)17(22)18(23)16(14)11-12/h5-11,21,24H,1-4H3. The highest BCUT2D eigenvalue weighted by atomic mass is 16.5. The van der Waals surface area contributed by atoms with E-state index in [1.165, 1.54) is 0 Å². The lowest BCUT2D eigenvalue weighted by Gasteiger charge is -2.37. The molecule has 2 aromatic carbocycles. The van der Waals surface area contributed by atoms with E-state index < -0.39 is 22.8 Å². The van der Waals surface area contributed by atoms with Gasteiger partial charge in [-0.15, -0.1) is 0 Å². The van der Waals surface area contributed by atoms with E-state index in [2.05, 4.69) is 0 Å². The van der Waals surface area contributed by atoms with Crippen LogP contribution in [-0.4, -0.2) is 35.4 Å². The fraction of sp³-hybridized carbons (Fsp3) is 0.300. The molecule has 0 aromatic heterocycles. The van der Waals surface area contributed by atoms with E-state index in [9.17, 15) is 14.7 Å². The van der Waals surface area contributed by atoms with Crippen LogP contribution >= 0.6 is 0 Å². The first kappa shape index (κ1) is 17.6. The molecule has 0 unspecified atom stereocenters. The van der Waals surface area contributed by atoms with Crippen LogP contribution in [0.1, 0.15) is 48.4 Å². The van der Waals surface area contributed by atoms with Gasteiger partial charge in [-0.1, -0.05) is 47.9 Å². The molecule has 0 bridgehead atoms. The Bertz CT molecular complexity index is 862. The van der Waals surface area contributed by atoms with Crippen molar-refractivity contribution in [2.45, 2.75) is 38.9 Å². The zero-order valence-electron chi connectivity index (χ0n) is 14.9. The van der Waals surface area contributed by atoms with E-state index in [0.717, 1.165) is 16.6 Å². The van der Waals surface area contributed by atoms with Crippen LogP contribution in [0.15, 0.2) is 42.5 Å². The molecule has 0 atom stereocenters. The van der Waals surface area contributed by atoms with Crippen molar-refractivity contribution < 1.29 is 19.3 Å². The van der Waals surface area contributed by atoms with Crippen molar-refractivity contribution in [3.8, 4) is 11.1 Å². The van der Waals surface area contributed by atoms with Gasteiger partial charge in [0, 0.05) is 11.1 Å². The summed E-state index contributed by atoms with van der Waals surface area (Å²) in [5.74, 6) is -0.963. The number of ketones is 2. The summed E-state index contributed by atoms with van der Waals surface area (Å²) in [7, 11) is 0.243. The smallest absolute Gasteiger partial charge is 0.309 e. The summed E-state index contributed by atoms with van der Waals surface area (Å²) in [5, 5.41) is 10.2. The molecule has 25 heavy (non-hydrogen) atoms. The average molecular weight is 336 g/mol. The van der Waals surface area contributed by atoms with Crippen molar-refractivity contribution in [1.82, 2.24) is 0 Å². The molecule has 2 aromatic rings. The zero-order valence-corrected chi connectivity index (χ0v) is 14.9. The van der Waals surface area contributed by atoms with Gasteiger partial charge < -0.3 is 9.76 Å². The second kappa shape index (κ2) is 5.93. The van der Waals surface area contributed by atoms with E-state index >= 15 is 0 Å². The first-order valence-electron chi connectivity index (χ1n) is 8.29. The maximum Gasteiger partial charge on any atom is 0.309 e. The molecule has 0 amide bonds.